The van der Waals surface area contributed by atoms with E-state index in [-0.39, 0.29) is 44.4 Å². The SMILES string of the molecule is CC(=O)NC(Oc1ccc(C(C)=O)cc1)c1cccc([N+](=O)[O-])c1-c1cc(Cl)c2cccnc2c1O. The summed E-state index contributed by atoms with van der Waals surface area (Å²) in [6, 6.07) is 15.3. The third kappa shape index (κ3) is 4.82. The maximum absolute atomic E-state index is 12.1. The fourth-order valence-corrected chi connectivity index (χ4v) is 4.12. The van der Waals surface area contributed by atoms with E-state index in [0.29, 0.717) is 16.7 Å². The van der Waals surface area contributed by atoms with Gasteiger partial charge in [0.1, 0.15) is 17.0 Å². The Hall–Kier alpha value is -4.50. The molecule has 0 saturated heterocycles. The van der Waals surface area contributed by atoms with E-state index in [1.807, 2.05) is 0 Å². The molecule has 1 heterocycles. The first-order valence-corrected chi connectivity index (χ1v) is 11.1. The second-order valence-electron chi connectivity index (χ2n) is 7.93. The van der Waals surface area contributed by atoms with Gasteiger partial charge in [0.05, 0.1) is 15.5 Å². The summed E-state index contributed by atoms with van der Waals surface area (Å²) in [5.41, 5.74) is 0.572. The number of Topliss-reactive ketones (excluding diaryl/α,β-unsaturated/α-hetero) is 1. The van der Waals surface area contributed by atoms with Crippen LogP contribution in [0, 0.1) is 10.1 Å². The quantitative estimate of drug-likeness (QED) is 0.145. The number of rotatable bonds is 7. The van der Waals surface area contributed by atoms with Gasteiger partial charge in [0.2, 0.25) is 5.91 Å². The lowest BCUT2D eigenvalue weighted by molar-refractivity contribution is -0.384. The largest absolute Gasteiger partial charge is 0.505 e. The number of nitro groups is 1. The Balaban J connectivity index is 1.93. The molecule has 2 N–H and O–H groups in total. The average molecular weight is 506 g/mol. The van der Waals surface area contributed by atoms with Crippen molar-refractivity contribution in [1.29, 1.82) is 0 Å². The van der Waals surface area contributed by atoms with Crippen molar-refractivity contribution in [2.24, 2.45) is 0 Å². The van der Waals surface area contributed by atoms with E-state index in [9.17, 15) is 24.8 Å². The number of phenols is 1. The molecule has 1 unspecified atom stereocenters. The maximum atomic E-state index is 12.1. The van der Waals surface area contributed by atoms with Crippen LogP contribution in [0.2, 0.25) is 5.02 Å². The van der Waals surface area contributed by atoms with Gasteiger partial charge in [-0.25, -0.2) is 0 Å². The number of pyridine rings is 1. The van der Waals surface area contributed by atoms with Gasteiger partial charge in [0.15, 0.2) is 12.0 Å². The Morgan fingerprint density at radius 3 is 2.47 bits per heavy atom. The molecule has 0 bridgehead atoms. The molecular formula is C26H20ClN3O6. The number of hydrogen-bond acceptors (Lipinski definition) is 7. The second kappa shape index (κ2) is 10.0. The van der Waals surface area contributed by atoms with Gasteiger partial charge in [-0.2, -0.15) is 0 Å². The molecule has 0 aliphatic heterocycles. The second-order valence-corrected chi connectivity index (χ2v) is 8.34. The zero-order valence-corrected chi connectivity index (χ0v) is 19.9. The summed E-state index contributed by atoms with van der Waals surface area (Å²) in [7, 11) is 0. The summed E-state index contributed by atoms with van der Waals surface area (Å²) in [4.78, 5) is 39.3. The molecule has 10 heteroatoms. The Morgan fingerprint density at radius 2 is 1.83 bits per heavy atom. The first-order chi connectivity index (χ1) is 17.2. The molecule has 9 nitrogen and oxygen atoms in total. The smallest absolute Gasteiger partial charge is 0.277 e. The van der Waals surface area contributed by atoms with Crippen LogP contribution in [0.5, 0.6) is 11.5 Å². The number of phenolic OH excluding ortho intramolecular Hbond substituents is 1. The molecule has 1 atom stereocenters. The fraction of sp³-hybridized carbons (Fsp3) is 0.115. The van der Waals surface area contributed by atoms with Crippen molar-refractivity contribution in [3.05, 3.63) is 93.1 Å². The predicted molar refractivity (Wildman–Crippen MR) is 134 cm³/mol. The highest BCUT2D eigenvalue weighted by Crippen LogP contribution is 2.45. The molecule has 0 radical (unpaired) electrons. The predicted octanol–water partition coefficient (Wildman–Crippen LogP) is 5.59. The van der Waals surface area contributed by atoms with E-state index in [1.54, 1.807) is 42.5 Å². The van der Waals surface area contributed by atoms with Crippen molar-refractivity contribution < 1.29 is 24.4 Å². The van der Waals surface area contributed by atoms with Crippen LogP contribution in [0.1, 0.15) is 36.0 Å². The maximum Gasteiger partial charge on any atom is 0.277 e. The molecule has 1 amide bonds. The molecule has 0 fully saturated rings. The van der Waals surface area contributed by atoms with Crippen LogP contribution in [-0.4, -0.2) is 26.7 Å². The number of carbonyl (C=O) groups excluding carboxylic acids is 2. The third-order valence-electron chi connectivity index (χ3n) is 5.49. The van der Waals surface area contributed by atoms with Crippen LogP contribution in [0.25, 0.3) is 22.0 Å². The molecule has 4 aromatic rings. The summed E-state index contributed by atoms with van der Waals surface area (Å²) in [6.07, 6.45) is 0.286. The Morgan fingerprint density at radius 1 is 1.11 bits per heavy atom. The number of amides is 1. The fourth-order valence-electron chi connectivity index (χ4n) is 3.86. The molecule has 0 saturated carbocycles. The number of nitro benzene ring substituents is 1. The minimum absolute atomic E-state index is 0.00793. The van der Waals surface area contributed by atoms with Crippen molar-refractivity contribution in [3.63, 3.8) is 0 Å². The van der Waals surface area contributed by atoms with Crippen molar-refractivity contribution >= 4 is 39.9 Å². The highest BCUT2D eigenvalue weighted by molar-refractivity contribution is 6.36. The monoisotopic (exact) mass is 505 g/mol. The van der Waals surface area contributed by atoms with Gasteiger partial charge < -0.3 is 15.2 Å². The number of halogens is 1. The van der Waals surface area contributed by atoms with E-state index in [4.69, 9.17) is 16.3 Å². The lowest BCUT2D eigenvalue weighted by Crippen LogP contribution is -2.30. The van der Waals surface area contributed by atoms with Crippen molar-refractivity contribution in [3.8, 4) is 22.6 Å². The van der Waals surface area contributed by atoms with Crippen LogP contribution < -0.4 is 10.1 Å². The molecule has 3 aromatic carbocycles. The Kier molecular flexibility index (Phi) is 6.84. The van der Waals surface area contributed by atoms with E-state index >= 15 is 0 Å². The number of benzene rings is 3. The van der Waals surface area contributed by atoms with Crippen LogP contribution in [0.4, 0.5) is 5.69 Å². The highest BCUT2D eigenvalue weighted by atomic mass is 35.5. The molecule has 182 valence electrons. The van der Waals surface area contributed by atoms with Gasteiger partial charge in [-0.05, 0) is 49.4 Å². The minimum atomic E-state index is -1.18. The van der Waals surface area contributed by atoms with Crippen LogP contribution in [0.3, 0.4) is 0 Å². The molecular weight excluding hydrogens is 486 g/mol. The summed E-state index contributed by atoms with van der Waals surface area (Å²) in [5, 5.41) is 26.5. The Bertz CT molecular complexity index is 1500. The normalized spacial score (nSPS) is 11.6. The Labute approximate surface area is 210 Å². The van der Waals surface area contributed by atoms with Gasteiger partial charge in [-0.1, -0.05) is 23.7 Å². The first kappa shape index (κ1) is 24.6. The molecule has 4 rings (SSSR count). The summed E-state index contributed by atoms with van der Waals surface area (Å²) < 4.78 is 6.00. The molecule has 0 spiro atoms. The van der Waals surface area contributed by atoms with E-state index < -0.39 is 17.1 Å². The number of ketones is 1. The van der Waals surface area contributed by atoms with Gasteiger partial charge in [0.25, 0.3) is 5.69 Å². The van der Waals surface area contributed by atoms with Gasteiger partial charge in [-0.15, -0.1) is 0 Å². The van der Waals surface area contributed by atoms with Crippen LogP contribution >= 0.6 is 11.6 Å². The van der Waals surface area contributed by atoms with E-state index in [1.165, 1.54) is 38.2 Å². The third-order valence-corrected chi connectivity index (χ3v) is 5.80. The number of aromatic hydroxyl groups is 1. The number of aromatic nitrogens is 1. The van der Waals surface area contributed by atoms with E-state index in [0.717, 1.165) is 0 Å². The number of ether oxygens (including phenoxy) is 1. The minimum Gasteiger partial charge on any atom is -0.505 e. The summed E-state index contributed by atoms with van der Waals surface area (Å²) in [5.74, 6) is -0.588. The zero-order valence-electron chi connectivity index (χ0n) is 19.2. The van der Waals surface area contributed by atoms with Crippen molar-refractivity contribution in [2.45, 2.75) is 20.1 Å². The highest BCUT2D eigenvalue weighted by Gasteiger charge is 2.29. The average Bonchev–Trinajstić information content (AvgIpc) is 2.85. The van der Waals surface area contributed by atoms with Crippen molar-refractivity contribution in [1.82, 2.24) is 10.3 Å². The molecule has 1 aromatic heterocycles. The number of fused-ring (bicyclic) bond motifs is 1. The van der Waals surface area contributed by atoms with Gasteiger partial charge in [-0.3, -0.25) is 24.7 Å². The first-order valence-electron chi connectivity index (χ1n) is 10.8. The zero-order chi connectivity index (χ0) is 26.0. The topological polar surface area (TPSA) is 132 Å². The molecule has 36 heavy (non-hydrogen) atoms. The molecule has 0 aliphatic carbocycles. The summed E-state index contributed by atoms with van der Waals surface area (Å²) in [6.45, 7) is 2.71. The number of nitrogens with zero attached hydrogens (tertiary/aromatic N) is 2. The molecule has 0 aliphatic rings. The van der Waals surface area contributed by atoms with Crippen LogP contribution in [-0.2, 0) is 4.79 Å². The van der Waals surface area contributed by atoms with Gasteiger partial charge in [0, 0.05) is 41.3 Å². The number of hydrogen-bond donors (Lipinski definition) is 2. The van der Waals surface area contributed by atoms with Crippen LogP contribution in [0.15, 0.2) is 66.9 Å². The lowest BCUT2D eigenvalue weighted by Gasteiger charge is -2.23. The lowest BCUT2D eigenvalue weighted by atomic mass is 9.94. The van der Waals surface area contributed by atoms with Gasteiger partial charge >= 0.3 is 0 Å². The van der Waals surface area contributed by atoms with Crippen molar-refractivity contribution in [2.75, 3.05) is 0 Å². The standard InChI is InChI=1S/C26H20ClN3O6/c1-14(31)16-8-10-17(11-9-16)36-26(29-15(2)32)19-5-3-7-22(30(34)35)23(19)20-13-21(27)18-6-4-12-28-24(18)25(20)33/h3-13,26,33H,1-2H3,(H,29,32). The van der Waals surface area contributed by atoms with E-state index in [2.05, 4.69) is 10.3 Å². The summed E-state index contributed by atoms with van der Waals surface area (Å²) >= 11 is 6.45. The number of carbonyl (C=O) groups is 2. The number of nitrogens with one attached hydrogen (secondary N) is 1.